The largest absolute Gasteiger partial charge is 0.496 e. The van der Waals surface area contributed by atoms with Gasteiger partial charge in [0, 0.05) is 28.2 Å². The number of fused-ring (bicyclic) bond motifs is 1. The molecule has 2 atom stereocenters. The molecule has 100 valence electrons. The lowest BCUT2D eigenvalue weighted by Crippen LogP contribution is -2.16. The van der Waals surface area contributed by atoms with E-state index in [0.717, 1.165) is 33.7 Å². The van der Waals surface area contributed by atoms with E-state index in [9.17, 15) is 0 Å². The van der Waals surface area contributed by atoms with Crippen molar-refractivity contribution in [2.75, 3.05) is 14.2 Å². The second-order valence-electron chi connectivity index (χ2n) is 4.45. The maximum absolute atomic E-state index is 6.34. The number of rotatable bonds is 2. The van der Waals surface area contributed by atoms with E-state index in [2.05, 4.69) is 22.9 Å². The highest BCUT2D eigenvalue weighted by Gasteiger charge is 2.27. The molecule has 0 bridgehead atoms. The Bertz CT molecular complexity index is 453. The zero-order chi connectivity index (χ0) is 13.3. The maximum atomic E-state index is 6.34. The zero-order valence-corrected chi connectivity index (χ0v) is 13.2. The van der Waals surface area contributed by atoms with Gasteiger partial charge < -0.3 is 15.2 Å². The normalized spacial score (nSPS) is 23.2. The summed E-state index contributed by atoms with van der Waals surface area (Å²) in [5, 5.41) is 0.542. The summed E-state index contributed by atoms with van der Waals surface area (Å²) in [5.74, 6) is 2.64. The molecule has 1 heterocycles. The number of benzene rings is 1. The van der Waals surface area contributed by atoms with Crippen LogP contribution in [0.3, 0.4) is 0 Å². The molecule has 0 aromatic heterocycles. The van der Waals surface area contributed by atoms with Crippen molar-refractivity contribution >= 4 is 27.7 Å². The highest BCUT2D eigenvalue weighted by Crippen LogP contribution is 2.46. The van der Waals surface area contributed by atoms with Crippen LogP contribution in [0.15, 0.2) is 10.5 Å². The molecule has 0 saturated heterocycles. The molecule has 1 unspecified atom stereocenters. The first-order valence-electron chi connectivity index (χ1n) is 5.88. The molecule has 0 fully saturated rings. The molecule has 1 aliphatic heterocycles. The topological polar surface area (TPSA) is 44.5 Å². The lowest BCUT2D eigenvalue weighted by atomic mass is 9.96. The third kappa shape index (κ3) is 2.49. The third-order valence-electron chi connectivity index (χ3n) is 3.23. The van der Waals surface area contributed by atoms with Crippen molar-refractivity contribution in [3.8, 4) is 11.5 Å². The van der Waals surface area contributed by atoms with Crippen LogP contribution in [0.1, 0.15) is 30.5 Å². The Labute approximate surface area is 121 Å². The van der Waals surface area contributed by atoms with Crippen molar-refractivity contribution in [2.45, 2.75) is 30.4 Å². The van der Waals surface area contributed by atoms with E-state index in [1.165, 1.54) is 5.56 Å². The summed E-state index contributed by atoms with van der Waals surface area (Å²) in [6, 6.07) is 1.95. The number of thioether (sulfide) groups is 1. The number of hydrogen-bond acceptors (Lipinski definition) is 4. The van der Waals surface area contributed by atoms with Crippen LogP contribution in [0, 0.1) is 0 Å². The summed E-state index contributed by atoms with van der Waals surface area (Å²) in [4.78, 5) is 0. The van der Waals surface area contributed by atoms with Crippen molar-refractivity contribution < 1.29 is 9.47 Å². The monoisotopic (exact) mass is 331 g/mol. The fourth-order valence-electron chi connectivity index (χ4n) is 2.37. The summed E-state index contributed by atoms with van der Waals surface area (Å²) >= 11 is 5.44. The predicted octanol–water partition coefficient (Wildman–Crippen LogP) is 3.49. The molecule has 0 radical (unpaired) electrons. The van der Waals surface area contributed by atoms with Gasteiger partial charge in [-0.05, 0) is 28.4 Å². The number of nitrogens with two attached hydrogens (primary N) is 1. The summed E-state index contributed by atoms with van der Waals surface area (Å²) in [6.45, 7) is 2.21. The second-order valence-corrected chi connectivity index (χ2v) is 6.73. The van der Waals surface area contributed by atoms with Crippen molar-refractivity contribution in [2.24, 2.45) is 5.73 Å². The fourth-order valence-corrected chi connectivity index (χ4v) is 4.04. The average molecular weight is 332 g/mol. The third-order valence-corrected chi connectivity index (χ3v) is 5.04. The molecule has 1 aromatic carbocycles. The van der Waals surface area contributed by atoms with Gasteiger partial charge in [-0.1, -0.05) is 6.92 Å². The number of methoxy groups -OCH3 is 2. The Morgan fingerprint density at radius 2 is 2.11 bits per heavy atom. The van der Waals surface area contributed by atoms with Gasteiger partial charge in [-0.15, -0.1) is 0 Å². The summed E-state index contributed by atoms with van der Waals surface area (Å²) < 4.78 is 11.9. The van der Waals surface area contributed by atoms with Crippen LogP contribution in [0.2, 0.25) is 0 Å². The summed E-state index contributed by atoms with van der Waals surface area (Å²) in [5.41, 5.74) is 8.59. The molecule has 2 N–H and O–H groups in total. The molecule has 0 saturated carbocycles. The van der Waals surface area contributed by atoms with Gasteiger partial charge in [0.05, 0.1) is 18.7 Å². The Kier molecular flexibility index (Phi) is 4.45. The Balaban J connectivity index is 2.63. The van der Waals surface area contributed by atoms with Gasteiger partial charge in [-0.25, -0.2) is 0 Å². The SMILES string of the molecule is COc1cc(Br)c(OC)c2c1CSC(C)C[C@@H]2N. The standard InChI is InChI=1S/C13H18BrNO2S/c1-7-4-10(15)12-8(6-18-7)11(16-2)5-9(14)13(12)17-3/h5,7,10H,4,6,15H2,1-3H3/t7?,10-/m0/s1. The molecule has 1 aliphatic rings. The van der Waals surface area contributed by atoms with E-state index < -0.39 is 0 Å². The van der Waals surface area contributed by atoms with E-state index in [1.54, 1.807) is 14.2 Å². The fraction of sp³-hybridized carbons (Fsp3) is 0.538. The van der Waals surface area contributed by atoms with Crippen LogP contribution in [-0.4, -0.2) is 19.5 Å². The van der Waals surface area contributed by atoms with Gasteiger partial charge in [0.25, 0.3) is 0 Å². The van der Waals surface area contributed by atoms with Crippen molar-refractivity contribution in [1.82, 2.24) is 0 Å². The molecule has 0 spiro atoms. The Morgan fingerprint density at radius 1 is 1.39 bits per heavy atom. The lowest BCUT2D eigenvalue weighted by molar-refractivity contribution is 0.389. The quantitative estimate of drug-likeness (QED) is 0.900. The van der Waals surface area contributed by atoms with E-state index in [0.29, 0.717) is 5.25 Å². The number of ether oxygens (including phenoxy) is 2. The molecule has 5 heteroatoms. The van der Waals surface area contributed by atoms with Gasteiger partial charge in [0.15, 0.2) is 0 Å². The highest BCUT2D eigenvalue weighted by molar-refractivity contribution is 9.10. The maximum Gasteiger partial charge on any atom is 0.138 e. The molecular weight excluding hydrogens is 314 g/mol. The zero-order valence-electron chi connectivity index (χ0n) is 10.8. The van der Waals surface area contributed by atoms with E-state index in [4.69, 9.17) is 15.2 Å². The minimum absolute atomic E-state index is 0.00801. The van der Waals surface area contributed by atoms with Gasteiger partial charge in [-0.2, -0.15) is 11.8 Å². The number of hydrogen-bond donors (Lipinski definition) is 1. The molecule has 0 amide bonds. The summed E-state index contributed by atoms with van der Waals surface area (Å²) in [7, 11) is 3.38. The van der Waals surface area contributed by atoms with Gasteiger partial charge in [-0.3, -0.25) is 0 Å². The van der Waals surface area contributed by atoms with Crippen molar-refractivity contribution in [3.63, 3.8) is 0 Å². The van der Waals surface area contributed by atoms with Crippen LogP contribution in [0.5, 0.6) is 11.5 Å². The number of halogens is 1. The second kappa shape index (κ2) is 5.72. The molecule has 0 aliphatic carbocycles. The molecule has 1 aromatic rings. The first-order chi connectivity index (χ1) is 8.58. The first kappa shape index (κ1) is 14.0. The van der Waals surface area contributed by atoms with Gasteiger partial charge in [0.1, 0.15) is 11.5 Å². The smallest absolute Gasteiger partial charge is 0.138 e. The summed E-state index contributed by atoms with van der Waals surface area (Å²) in [6.07, 6.45) is 0.952. The minimum atomic E-state index is -0.00801. The first-order valence-corrected chi connectivity index (χ1v) is 7.73. The molecule has 18 heavy (non-hydrogen) atoms. The Hall–Kier alpha value is -0.390. The van der Waals surface area contributed by atoms with Crippen molar-refractivity contribution in [3.05, 3.63) is 21.7 Å². The molecular formula is C13H18BrNO2S. The van der Waals surface area contributed by atoms with Gasteiger partial charge >= 0.3 is 0 Å². The minimum Gasteiger partial charge on any atom is -0.496 e. The molecule has 2 rings (SSSR count). The van der Waals surface area contributed by atoms with E-state index in [1.807, 2.05) is 17.8 Å². The van der Waals surface area contributed by atoms with E-state index in [-0.39, 0.29) is 6.04 Å². The predicted molar refractivity (Wildman–Crippen MR) is 79.5 cm³/mol. The van der Waals surface area contributed by atoms with Crippen LogP contribution in [0.25, 0.3) is 0 Å². The van der Waals surface area contributed by atoms with Crippen LogP contribution in [0.4, 0.5) is 0 Å². The molecule has 3 nitrogen and oxygen atoms in total. The van der Waals surface area contributed by atoms with E-state index >= 15 is 0 Å². The van der Waals surface area contributed by atoms with Crippen LogP contribution >= 0.6 is 27.7 Å². The Morgan fingerprint density at radius 3 is 2.72 bits per heavy atom. The van der Waals surface area contributed by atoms with Crippen LogP contribution < -0.4 is 15.2 Å². The van der Waals surface area contributed by atoms with Crippen molar-refractivity contribution in [1.29, 1.82) is 0 Å². The average Bonchev–Trinajstić information content (AvgIpc) is 2.48. The lowest BCUT2D eigenvalue weighted by Gasteiger charge is -2.20. The van der Waals surface area contributed by atoms with Crippen LogP contribution in [-0.2, 0) is 5.75 Å². The van der Waals surface area contributed by atoms with Gasteiger partial charge in [0.2, 0.25) is 0 Å². The highest BCUT2D eigenvalue weighted by atomic mass is 79.9.